The van der Waals surface area contributed by atoms with Crippen LogP contribution < -0.4 is 0 Å². The molecule has 0 radical (unpaired) electrons. The molecule has 2 N–H and O–H groups in total. The first-order valence-electron chi connectivity index (χ1n) is 3.45. The second-order valence-corrected chi connectivity index (χ2v) is 13.0. The summed E-state index contributed by atoms with van der Waals surface area (Å²) in [6.07, 6.45) is 0. The Hall–Kier alpha value is 0.354. The highest BCUT2D eigenvalue weighted by atomic mass is 28.4. The molecule has 0 bridgehead atoms. The molecule has 0 saturated carbocycles. The van der Waals surface area contributed by atoms with E-state index in [0.29, 0.717) is 0 Å². The van der Waals surface area contributed by atoms with Crippen LogP contribution in [0.4, 0.5) is 0 Å². The molecule has 0 aliphatic heterocycles. The van der Waals surface area contributed by atoms with Crippen LogP contribution in [0.5, 0.6) is 0 Å². The minimum absolute atomic E-state index is 0. The first-order chi connectivity index (χ1) is 4.00. The first-order valence-corrected chi connectivity index (χ1v) is 10.3. The Balaban J connectivity index is -0.000000107. The van der Waals surface area contributed by atoms with E-state index in [1.54, 1.807) is 0 Å². The molecule has 11 heavy (non-hydrogen) atoms. The van der Waals surface area contributed by atoms with Crippen LogP contribution in [0.25, 0.3) is 0 Å². The van der Waals surface area contributed by atoms with Crippen LogP contribution in [0.2, 0.25) is 39.3 Å². The van der Waals surface area contributed by atoms with Gasteiger partial charge in [0.15, 0.2) is 16.6 Å². The van der Waals surface area contributed by atoms with Gasteiger partial charge in [-0.1, -0.05) is 7.43 Å². The number of hydrogen-bond donors (Lipinski definition) is 2. The van der Waals surface area contributed by atoms with Gasteiger partial charge in [-0.25, -0.2) is 0 Å². The summed E-state index contributed by atoms with van der Waals surface area (Å²) in [5.74, 6) is 0. The van der Waals surface area contributed by atoms with Gasteiger partial charge in [0.25, 0.3) is 0 Å². The van der Waals surface area contributed by atoms with Crippen molar-refractivity contribution in [2.75, 3.05) is 0 Å². The largest absolute Gasteiger partial charge is 0.433 e. The smallest absolute Gasteiger partial charge is 0.179 e. The predicted molar refractivity (Wildman–Crippen MR) is 57.9 cm³/mol. The Bertz CT molecular complexity index is 57.4. The fourth-order valence-corrected chi connectivity index (χ4v) is 0. The molecule has 72 valence electrons. The van der Waals surface area contributed by atoms with Gasteiger partial charge in [0, 0.05) is 0 Å². The zero-order valence-corrected chi connectivity index (χ0v) is 9.89. The topological polar surface area (TPSA) is 40.5 Å². The highest BCUT2D eigenvalue weighted by Crippen LogP contribution is 1.89. The van der Waals surface area contributed by atoms with Crippen LogP contribution in [-0.4, -0.2) is 26.2 Å². The Kier molecular flexibility index (Phi) is 9.41. The molecule has 0 aromatic rings. The van der Waals surface area contributed by atoms with Crippen molar-refractivity contribution in [3.05, 3.63) is 0 Å². The third-order valence-corrected chi connectivity index (χ3v) is 0. The number of rotatable bonds is 0. The van der Waals surface area contributed by atoms with Crippen LogP contribution >= 0.6 is 0 Å². The van der Waals surface area contributed by atoms with Crippen molar-refractivity contribution >= 4 is 16.6 Å². The summed E-state index contributed by atoms with van der Waals surface area (Å²) in [6, 6.07) is 0. The molecule has 0 saturated heterocycles. The lowest BCUT2D eigenvalue weighted by molar-refractivity contribution is 0.559. The maximum atomic E-state index is 8.66. The first kappa shape index (κ1) is 17.4. The van der Waals surface area contributed by atoms with Crippen molar-refractivity contribution in [2.45, 2.75) is 46.7 Å². The molecule has 0 rings (SSSR count). The minimum Gasteiger partial charge on any atom is -0.433 e. The molecule has 0 atom stereocenters. The van der Waals surface area contributed by atoms with Crippen molar-refractivity contribution in [2.24, 2.45) is 0 Å². The van der Waals surface area contributed by atoms with E-state index < -0.39 is 16.6 Å². The van der Waals surface area contributed by atoms with Gasteiger partial charge in [0.05, 0.1) is 0 Å². The summed E-state index contributed by atoms with van der Waals surface area (Å²) in [6.45, 7) is 11.3. The van der Waals surface area contributed by atoms with Gasteiger partial charge in [-0.15, -0.1) is 0 Å². The van der Waals surface area contributed by atoms with Crippen molar-refractivity contribution in [3.8, 4) is 0 Å². The summed E-state index contributed by atoms with van der Waals surface area (Å²) in [4.78, 5) is 17.3. The van der Waals surface area contributed by atoms with Gasteiger partial charge < -0.3 is 9.59 Å². The second-order valence-electron chi connectivity index (χ2n) is 4.34. The molecule has 0 fully saturated rings. The van der Waals surface area contributed by atoms with E-state index >= 15 is 0 Å². The highest BCUT2D eigenvalue weighted by Gasteiger charge is 2.04. The van der Waals surface area contributed by atoms with Crippen LogP contribution in [0.3, 0.4) is 0 Å². The molecule has 0 heterocycles. The monoisotopic (exact) mass is 196 g/mol. The van der Waals surface area contributed by atoms with E-state index in [4.69, 9.17) is 9.59 Å². The predicted octanol–water partition coefficient (Wildman–Crippen LogP) is 2.26. The van der Waals surface area contributed by atoms with E-state index in [-0.39, 0.29) is 7.43 Å². The second kappa shape index (κ2) is 5.94. The SMILES string of the molecule is C.C[Si](C)(C)O.C[Si](C)(C)O. The molecule has 0 unspecified atom stereocenters. The zero-order valence-electron chi connectivity index (χ0n) is 7.89. The van der Waals surface area contributed by atoms with E-state index in [9.17, 15) is 0 Å². The van der Waals surface area contributed by atoms with Gasteiger partial charge in [-0.2, -0.15) is 0 Å². The summed E-state index contributed by atoms with van der Waals surface area (Å²) in [7, 11) is -3.22. The Morgan fingerprint density at radius 2 is 0.636 bits per heavy atom. The zero-order chi connectivity index (χ0) is 9.00. The fourth-order valence-electron chi connectivity index (χ4n) is 0. The molecule has 0 aliphatic rings. The summed E-state index contributed by atoms with van der Waals surface area (Å²) >= 11 is 0. The molecule has 0 aliphatic carbocycles. The molecule has 4 heteroatoms. The Morgan fingerprint density at radius 3 is 0.636 bits per heavy atom. The number of hydrogen-bond acceptors (Lipinski definition) is 2. The molecule has 0 aromatic carbocycles. The van der Waals surface area contributed by atoms with Gasteiger partial charge in [0.1, 0.15) is 0 Å². The van der Waals surface area contributed by atoms with Crippen LogP contribution in [0.15, 0.2) is 0 Å². The molecule has 0 aromatic heterocycles. The maximum absolute atomic E-state index is 8.66. The maximum Gasteiger partial charge on any atom is 0.179 e. The fraction of sp³-hybridized carbons (Fsp3) is 1.00. The van der Waals surface area contributed by atoms with Gasteiger partial charge in [-0.3, -0.25) is 0 Å². The van der Waals surface area contributed by atoms with Gasteiger partial charge in [-0.05, 0) is 39.3 Å². The summed E-state index contributed by atoms with van der Waals surface area (Å²) in [5, 5.41) is 0. The van der Waals surface area contributed by atoms with Crippen molar-refractivity contribution < 1.29 is 9.59 Å². The average molecular weight is 196 g/mol. The van der Waals surface area contributed by atoms with E-state index in [1.165, 1.54) is 0 Å². The van der Waals surface area contributed by atoms with E-state index in [1.807, 2.05) is 39.3 Å². The standard InChI is InChI=1S/2C3H10OSi.CH4/c2*1-5(2,3)4;/h2*4H,1-3H3;1H4. The lowest BCUT2D eigenvalue weighted by Crippen LogP contribution is -2.17. The Morgan fingerprint density at radius 1 is 0.636 bits per heavy atom. The summed E-state index contributed by atoms with van der Waals surface area (Å²) < 4.78 is 0. The Labute approximate surface area is 73.5 Å². The average Bonchev–Trinajstić information content (AvgIpc) is 1.12. The molecule has 2 nitrogen and oxygen atoms in total. The lowest BCUT2D eigenvalue weighted by Gasteiger charge is -2.00. The van der Waals surface area contributed by atoms with Gasteiger partial charge in [0.2, 0.25) is 0 Å². The summed E-state index contributed by atoms with van der Waals surface area (Å²) in [5.41, 5.74) is 0. The third kappa shape index (κ3) is 5770. The van der Waals surface area contributed by atoms with E-state index in [0.717, 1.165) is 0 Å². The normalized spacial score (nSPS) is 10.9. The van der Waals surface area contributed by atoms with Crippen molar-refractivity contribution in [3.63, 3.8) is 0 Å². The van der Waals surface area contributed by atoms with Crippen LogP contribution in [-0.2, 0) is 0 Å². The van der Waals surface area contributed by atoms with Gasteiger partial charge >= 0.3 is 0 Å². The van der Waals surface area contributed by atoms with Crippen LogP contribution in [0, 0.1) is 0 Å². The van der Waals surface area contributed by atoms with Crippen molar-refractivity contribution in [1.29, 1.82) is 0 Å². The molecular formula is C7H24O2Si2. The molecule has 0 amide bonds. The lowest BCUT2D eigenvalue weighted by atomic mass is 11.8. The minimum atomic E-state index is -1.61. The third-order valence-electron chi connectivity index (χ3n) is 0. The van der Waals surface area contributed by atoms with Crippen molar-refractivity contribution in [1.82, 2.24) is 0 Å². The van der Waals surface area contributed by atoms with E-state index in [2.05, 4.69) is 0 Å². The van der Waals surface area contributed by atoms with Crippen LogP contribution in [0.1, 0.15) is 7.43 Å². The molecule has 0 spiro atoms. The molecular weight excluding hydrogens is 172 g/mol. The highest BCUT2D eigenvalue weighted by molar-refractivity contribution is 6.68. The quantitative estimate of drug-likeness (QED) is 0.584.